The lowest BCUT2D eigenvalue weighted by molar-refractivity contribution is -0.142. The molecule has 14 nitrogen and oxygen atoms in total. The molecule has 2 aromatic rings. The SMILES string of the molecule is CC(C)(C)[C@H](NC(=O)C(NC(=O)c1cnccn1)C1CCCCC1)C(=O)N1CCN(c2ccc(Cl)cc2)[C@@H](C(=O)N[C@@H](CC2CCC2)C(=O)C(N)=O)C1. The predicted octanol–water partition coefficient (Wildman–Crippen LogP) is 2.79. The zero-order chi connectivity index (χ0) is 38.3. The quantitative estimate of drug-likeness (QED) is 0.223. The van der Waals surface area contributed by atoms with Gasteiger partial charge in [0.1, 0.15) is 23.8 Å². The third kappa shape index (κ3) is 10.1. The summed E-state index contributed by atoms with van der Waals surface area (Å²) in [7, 11) is 0. The average Bonchev–Trinajstić information content (AvgIpc) is 3.13. The van der Waals surface area contributed by atoms with Gasteiger partial charge in [-0.25, -0.2) is 4.98 Å². The van der Waals surface area contributed by atoms with Crippen molar-refractivity contribution in [3.05, 3.63) is 53.6 Å². The molecule has 5 amide bonds. The van der Waals surface area contributed by atoms with Gasteiger partial charge < -0.3 is 31.5 Å². The first kappa shape index (κ1) is 39.6. The first-order chi connectivity index (χ1) is 25.2. The lowest BCUT2D eigenvalue weighted by atomic mass is 9.80. The second-order valence-corrected chi connectivity index (χ2v) is 16.0. The summed E-state index contributed by atoms with van der Waals surface area (Å²) in [6, 6.07) is 3.02. The van der Waals surface area contributed by atoms with Gasteiger partial charge in [0, 0.05) is 36.2 Å². The lowest BCUT2D eigenvalue weighted by Gasteiger charge is -2.44. The highest BCUT2D eigenvalue weighted by Crippen LogP contribution is 2.32. The molecule has 286 valence electrons. The zero-order valence-corrected chi connectivity index (χ0v) is 31.4. The van der Waals surface area contributed by atoms with Crippen LogP contribution < -0.4 is 26.6 Å². The smallest absolute Gasteiger partial charge is 0.287 e. The Morgan fingerprint density at radius 1 is 0.906 bits per heavy atom. The number of hydrogen-bond donors (Lipinski definition) is 4. The van der Waals surface area contributed by atoms with Crippen LogP contribution in [0.5, 0.6) is 0 Å². The van der Waals surface area contributed by atoms with E-state index >= 15 is 0 Å². The van der Waals surface area contributed by atoms with Crippen molar-refractivity contribution < 1.29 is 28.8 Å². The first-order valence-electron chi connectivity index (χ1n) is 18.5. The van der Waals surface area contributed by atoms with E-state index in [9.17, 15) is 28.8 Å². The minimum Gasteiger partial charge on any atom is -0.363 e. The van der Waals surface area contributed by atoms with Crippen molar-refractivity contribution in [3.8, 4) is 0 Å². The molecule has 0 bridgehead atoms. The van der Waals surface area contributed by atoms with E-state index in [4.69, 9.17) is 17.3 Å². The van der Waals surface area contributed by atoms with Gasteiger partial charge in [0.25, 0.3) is 11.8 Å². The minimum absolute atomic E-state index is 0.0634. The highest BCUT2D eigenvalue weighted by molar-refractivity contribution is 6.37. The molecule has 5 rings (SSSR count). The van der Waals surface area contributed by atoms with E-state index < -0.39 is 59.0 Å². The van der Waals surface area contributed by atoms with Gasteiger partial charge in [-0.3, -0.25) is 33.8 Å². The summed E-state index contributed by atoms with van der Waals surface area (Å²) in [5.74, 6) is -3.83. The molecular formula is C38H51ClN8O6. The van der Waals surface area contributed by atoms with Crippen molar-refractivity contribution in [1.82, 2.24) is 30.8 Å². The summed E-state index contributed by atoms with van der Waals surface area (Å²) in [6.45, 7) is 5.96. The Hall–Kier alpha value is -4.59. The zero-order valence-electron chi connectivity index (χ0n) is 30.7. The van der Waals surface area contributed by atoms with E-state index in [1.54, 1.807) is 29.2 Å². The standard InChI is InChI=1S/C38H51ClN8O6/c1-38(2,3)32(45-36(52)30(24-10-5-4-6-11-24)44-34(50)28-21-41-16-17-42-28)37(53)46-18-19-47(26-14-12-25(39)13-15-26)29(22-46)35(51)43-27(31(48)33(40)49)20-23-8-7-9-23/h12-17,21,23-24,27,29-30,32H,4-11,18-20,22H2,1-3H3,(H2,40,49)(H,43,51)(H,44,50)(H,45,52)/t27-,29+,30?,32+/m0/s1. The Bertz CT molecular complexity index is 1640. The van der Waals surface area contributed by atoms with Crippen LogP contribution in [0.2, 0.25) is 5.02 Å². The summed E-state index contributed by atoms with van der Waals surface area (Å²) in [5.41, 5.74) is 5.39. The molecule has 5 N–H and O–H groups in total. The topological polar surface area (TPSA) is 197 Å². The monoisotopic (exact) mass is 750 g/mol. The maximum Gasteiger partial charge on any atom is 0.287 e. The van der Waals surface area contributed by atoms with Crippen molar-refractivity contribution >= 4 is 52.6 Å². The third-order valence-electron chi connectivity index (χ3n) is 10.7. The molecule has 1 aromatic heterocycles. The third-order valence-corrected chi connectivity index (χ3v) is 11.0. The van der Waals surface area contributed by atoms with E-state index in [0.717, 1.165) is 51.4 Å². The molecule has 4 atom stereocenters. The summed E-state index contributed by atoms with van der Waals surface area (Å²) in [6.07, 6.45) is 11.7. The van der Waals surface area contributed by atoms with Gasteiger partial charge in [0.05, 0.1) is 18.8 Å². The molecule has 1 unspecified atom stereocenters. The molecule has 3 fully saturated rings. The molecule has 2 aliphatic carbocycles. The van der Waals surface area contributed by atoms with Crippen molar-refractivity contribution in [3.63, 3.8) is 0 Å². The summed E-state index contributed by atoms with van der Waals surface area (Å²) >= 11 is 6.17. The number of halogens is 1. The molecule has 2 heterocycles. The van der Waals surface area contributed by atoms with E-state index in [2.05, 4.69) is 25.9 Å². The highest BCUT2D eigenvalue weighted by atomic mass is 35.5. The molecule has 15 heteroatoms. The number of aromatic nitrogens is 2. The molecule has 1 aliphatic heterocycles. The maximum atomic E-state index is 14.5. The van der Waals surface area contributed by atoms with Gasteiger partial charge in [-0.15, -0.1) is 0 Å². The first-order valence-corrected chi connectivity index (χ1v) is 18.9. The maximum absolute atomic E-state index is 14.5. The van der Waals surface area contributed by atoms with Crippen molar-refractivity contribution in [2.75, 3.05) is 24.5 Å². The number of amides is 5. The normalized spacial score (nSPS) is 20.0. The van der Waals surface area contributed by atoms with Crippen molar-refractivity contribution in [1.29, 1.82) is 0 Å². The van der Waals surface area contributed by atoms with Crippen LogP contribution in [0.25, 0.3) is 0 Å². The fourth-order valence-corrected chi connectivity index (χ4v) is 7.57. The van der Waals surface area contributed by atoms with E-state index in [1.807, 2.05) is 25.7 Å². The minimum atomic E-state index is -1.12. The Labute approximate surface area is 315 Å². The van der Waals surface area contributed by atoms with Crippen LogP contribution in [-0.2, 0) is 24.0 Å². The fraction of sp³-hybridized carbons (Fsp3) is 0.579. The lowest BCUT2D eigenvalue weighted by Crippen LogP contribution is -2.66. The second-order valence-electron chi connectivity index (χ2n) is 15.5. The Morgan fingerprint density at radius 3 is 2.19 bits per heavy atom. The number of benzene rings is 1. The van der Waals surface area contributed by atoms with Crippen LogP contribution in [0.1, 0.15) is 89.0 Å². The molecule has 53 heavy (non-hydrogen) atoms. The van der Waals surface area contributed by atoms with E-state index in [-0.39, 0.29) is 43.1 Å². The average molecular weight is 751 g/mol. The van der Waals surface area contributed by atoms with E-state index in [1.165, 1.54) is 18.6 Å². The number of Topliss-reactive ketones (excluding diaryl/α,β-unsaturated/α-hetero) is 1. The number of nitrogens with one attached hydrogen (secondary N) is 3. The van der Waals surface area contributed by atoms with E-state index in [0.29, 0.717) is 17.1 Å². The number of nitrogens with zero attached hydrogens (tertiary/aromatic N) is 4. The number of ketones is 1. The number of anilines is 1. The molecular weight excluding hydrogens is 700 g/mol. The second kappa shape index (κ2) is 17.5. The molecule has 3 aliphatic rings. The molecule has 1 aromatic carbocycles. The fourth-order valence-electron chi connectivity index (χ4n) is 7.44. The van der Waals surface area contributed by atoms with Gasteiger partial charge in [-0.1, -0.05) is 70.9 Å². The number of primary amides is 1. The summed E-state index contributed by atoms with van der Waals surface area (Å²) in [5, 5.41) is 9.18. The number of rotatable bonds is 13. The number of carbonyl (C=O) groups is 6. The van der Waals surface area contributed by atoms with Crippen LogP contribution in [0.3, 0.4) is 0 Å². The predicted molar refractivity (Wildman–Crippen MR) is 199 cm³/mol. The van der Waals surface area contributed by atoms with Crippen LogP contribution in [0.4, 0.5) is 5.69 Å². The van der Waals surface area contributed by atoms with Crippen molar-refractivity contribution in [2.24, 2.45) is 23.0 Å². The van der Waals surface area contributed by atoms with Crippen LogP contribution in [-0.4, -0.2) is 94.0 Å². The largest absolute Gasteiger partial charge is 0.363 e. The number of piperazine rings is 1. The Balaban J connectivity index is 1.38. The van der Waals surface area contributed by atoms with Crippen LogP contribution in [0, 0.1) is 17.3 Å². The van der Waals surface area contributed by atoms with Gasteiger partial charge >= 0.3 is 0 Å². The Kier molecular flexibility index (Phi) is 13.1. The molecule has 1 saturated heterocycles. The van der Waals surface area contributed by atoms with Gasteiger partial charge in [-0.2, -0.15) is 0 Å². The number of hydrogen-bond acceptors (Lipinski definition) is 9. The van der Waals surface area contributed by atoms with Gasteiger partial charge in [0.15, 0.2) is 0 Å². The summed E-state index contributed by atoms with van der Waals surface area (Å²) < 4.78 is 0. The summed E-state index contributed by atoms with van der Waals surface area (Å²) in [4.78, 5) is 92.3. The molecule has 0 radical (unpaired) electrons. The highest BCUT2D eigenvalue weighted by Gasteiger charge is 2.43. The Morgan fingerprint density at radius 2 is 1.60 bits per heavy atom. The number of nitrogens with two attached hydrogens (primary N) is 1. The van der Waals surface area contributed by atoms with Gasteiger partial charge in [-0.05, 0) is 60.8 Å². The van der Waals surface area contributed by atoms with Crippen molar-refractivity contribution in [2.45, 2.75) is 103 Å². The van der Waals surface area contributed by atoms with Crippen LogP contribution in [0.15, 0.2) is 42.9 Å². The van der Waals surface area contributed by atoms with Crippen LogP contribution >= 0.6 is 11.6 Å². The number of carbonyl (C=O) groups excluding carboxylic acids is 6. The molecule has 0 spiro atoms. The van der Waals surface area contributed by atoms with Gasteiger partial charge in [0.2, 0.25) is 23.5 Å². The molecule has 2 saturated carbocycles.